The second kappa shape index (κ2) is 8.51. The van der Waals surface area contributed by atoms with E-state index in [0.29, 0.717) is 11.3 Å². The summed E-state index contributed by atoms with van der Waals surface area (Å²) in [5, 5.41) is 1.42. The van der Waals surface area contributed by atoms with E-state index in [-0.39, 0.29) is 22.9 Å². The Labute approximate surface area is 182 Å². The molecule has 1 atom stereocenters. The molecule has 1 unspecified atom stereocenters. The molecule has 0 bridgehead atoms. The Hall–Kier alpha value is -2.59. The van der Waals surface area contributed by atoms with Crippen molar-refractivity contribution in [3.63, 3.8) is 0 Å². The molecular weight excluding hydrogens is 442 g/mol. The minimum atomic E-state index is -3.90. The molecule has 1 aliphatic rings. The third-order valence-electron chi connectivity index (χ3n) is 4.54. The van der Waals surface area contributed by atoms with E-state index in [0.717, 1.165) is 0 Å². The molecule has 168 valence electrons. The summed E-state index contributed by atoms with van der Waals surface area (Å²) >= 11 is 0. The van der Waals surface area contributed by atoms with Crippen molar-refractivity contribution in [2.45, 2.75) is 41.4 Å². The molecule has 0 aromatic heterocycles. The number of amides is 1. The highest BCUT2D eigenvalue weighted by Crippen LogP contribution is 2.41. The Morgan fingerprint density at radius 3 is 2.39 bits per heavy atom. The molecule has 0 spiro atoms. The molecule has 2 aromatic rings. The summed E-state index contributed by atoms with van der Waals surface area (Å²) in [6.07, 6.45) is -0.552. The number of carbonyl (C=O) groups excluding carboxylic acids is 1. The second-order valence-corrected chi connectivity index (χ2v) is 12.2. The standard InChI is InChI=1S/C21H25NO7S2/c1-21(2,3)29-20(23)22-12-13-28-15-8-10-16(11-9-15)31(26,27)19-14-30(24,25)18-7-5-4-6-17(18)19/h4-11,19H,12-14H2,1-3H3,(H,22,23). The van der Waals surface area contributed by atoms with Gasteiger partial charge in [-0.25, -0.2) is 21.6 Å². The molecule has 0 aliphatic carbocycles. The van der Waals surface area contributed by atoms with Crippen molar-refractivity contribution in [1.82, 2.24) is 5.32 Å². The zero-order valence-electron chi connectivity index (χ0n) is 17.5. The molecule has 8 nitrogen and oxygen atoms in total. The van der Waals surface area contributed by atoms with E-state index >= 15 is 0 Å². The Bertz CT molecular complexity index is 1160. The number of alkyl carbamates (subject to hydrolysis) is 1. The number of hydrogen-bond donors (Lipinski definition) is 1. The molecule has 10 heteroatoms. The van der Waals surface area contributed by atoms with Gasteiger partial charge in [-0.15, -0.1) is 0 Å². The van der Waals surface area contributed by atoms with E-state index in [1.54, 1.807) is 32.9 Å². The van der Waals surface area contributed by atoms with Crippen LogP contribution in [0.1, 0.15) is 31.6 Å². The number of fused-ring (bicyclic) bond motifs is 1. The largest absolute Gasteiger partial charge is 0.492 e. The smallest absolute Gasteiger partial charge is 0.407 e. The first-order valence-corrected chi connectivity index (χ1v) is 12.9. The lowest BCUT2D eigenvalue weighted by atomic mass is 10.2. The zero-order valence-corrected chi connectivity index (χ0v) is 19.1. The number of rotatable bonds is 6. The van der Waals surface area contributed by atoms with Crippen LogP contribution in [0.4, 0.5) is 4.79 Å². The summed E-state index contributed by atoms with van der Waals surface area (Å²) in [4.78, 5) is 11.7. The SMILES string of the molecule is CC(C)(C)OC(=O)NCCOc1ccc(S(=O)(=O)C2CS(=O)(=O)c3ccccc32)cc1. The van der Waals surface area contributed by atoms with E-state index in [1.807, 2.05) is 0 Å². The number of sulfone groups is 2. The van der Waals surface area contributed by atoms with Gasteiger partial charge in [-0.1, -0.05) is 18.2 Å². The van der Waals surface area contributed by atoms with Gasteiger partial charge in [0.25, 0.3) is 0 Å². The minimum absolute atomic E-state index is 0.0173. The fourth-order valence-electron chi connectivity index (χ4n) is 3.19. The van der Waals surface area contributed by atoms with Gasteiger partial charge in [-0.05, 0) is 56.7 Å². The van der Waals surface area contributed by atoms with Crippen LogP contribution >= 0.6 is 0 Å². The molecular formula is C21H25NO7S2. The zero-order chi connectivity index (χ0) is 22.9. The Kier molecular flexibility index (Phi) is 6.33. The molecule has 0 fully saturated rings. The highest BCUT2D eigenvalue weighted by Gasteiger charge is 2.42. The maximum absolute atomic E-state index is 13.1. The van der Waals surface area contributed by atoms with Crippen LogP contribution in [0.15, 0.2) is 58.3 Å². The molecule has 1 heterocycles. The van der Waals surface area contributed by atoms with E-state index in [1.165, 1.54) is 36.4 Å². The maximum Gasteiger partial charge on any atom is 0.407 e. The van der Waals surface area contributed by atoms with Crippen molar-refractivity contribution >= 4 is 25.8 Å². The van der Waals surface area contributed by atoms with E-state index in [9.17, 15) is 21.6 Å². The van der Waals surface area contributed by atoms with Crippen LogP contribution in [0.25, 0.3) is 0 Å². The summed E-state index contributed by atoms with van der Waals surface area (Å²) < 4.78 is 61.5. The fourth-order valence-corrected chi connectivity index (χ4v) is 7.52. The van der Waals surface area contributed by atoms with E-state index in [4.69, 9.17) is 9.47 Å². The second-order valence-electron chi connectivity index (χ2n) is 8.10. The summed E-state index contributed by atoms with van der Waals surface area (Å²) in [6, 6.07) is 11.9. The first kappa shape index (κ1) is 23.1. The van der Waals surface area contributed by atoms with Crippen LogP contribution in [0.3, 0.4) is 0 Å². The molecule has 2 aromatic carbocycles. The molecule has 1 amide bonds. The van der Waals surface area contributed by atoms with Crippen molar-refractivity contribution in [3.8, 4) is 5.75 Å². The Morgan fingerprint density at radius 2 is 1.74 bits per heavy atom. The first-order valence-electron chi connectivity index (χ1n) is 9.65. The molecule has 0 saturated heterocycles. The fraction of sp³-hybridized carbons (Fsp3) is 0.381. The molecule has 31 heavy (non-hydrogen) atoms. The molecule has 0 saturated carbocycles. The van der Waals surface area contributed by atoms with Crippen LogP contribution in [0.2, 0.25) is 0 Å². The van der Waals surface area contributed by atoms with Crippen LogP contribution < -0.4 is 10.1 Å². The number of benzene rings is 2. The minimum Gasteiger partial charge on any atom is -0.492 e. The molecule has 1 N–H and O–H groups in total. The third-order valence-corrected chi connectivity index (χ3v) is 8.66. The highest BCUT2D eigenvalue weighted by molar-refractivity contribution is 7.96. The van der Waals surface area contributed by atoms with Crippen molar-refractivity contribution in [2.24, 2.45) is 0 Å². The number of ether oxygens (including phenoxy) is 2. The average Bonchev–Trinajstić information content (AvgIpc) is 2.96. The van der Waals surface area contributed by atoms with Gasteiger partial charge in [-0.2, -0.15) is 0 Å². The van der Waals surface area contributed by atoms with Crippen molar-refractivity contribution in [2.75, 3.05) is 18.9 Å². The van der Waals surface area contributed by atoms with Crippen LogP contribution in [-0.4, -0.2) is 47.4 Å². The predicted molar refractivity (Wildman–Crippen MR) is 115 cm³/mol. The van der Waals surface area contributed by atoms with Gasteiger partial charge in [0, 0.05) is 0 Å². The van der Waals surface area contributed by atoms with Gasteiger partial charge < -0.3 is 14.8 Å². The van der Waals surface area contributed by atoms with Gasteiger partial charge in [0.2, 0.25) is 0 Å². The number of carbonyl (C=O) groups is 1. The monoisotopic (exact) mass is 467 g/mol. The van der Waals surface area contributed by atoms with Crippen LogP contribution in [-0.2, 0) is 24.4 Å². The number of nitrogens with one attached hydrogen (secondary N) is 1. The van der Waals surface area contributed by atoms with Gasteiger partial charge in [0.1, 0.15) is 23.2 Å². The average molecular weight is 468 g/mol. The Morgan fingerprint density at radius 1 is 1.10 bits per heavy atom. The van der Waals surface area contributed by atoms with Crippen molar-refractivity contribution < 1.29 is 31.1 Å². The van der Waals surface area contributed by atoms with Gasteiger partial charge >= 0.3 is 6.09 Å². The van der Waals surface area contributed by atoms with Crippen LogP contribution in [0, 0.1) is 0 Å². The summed E-state index contributed by atoms with van der Waals surface area (Å²) in [7, 11) is -7.54. The van der Waals surface area contributed by atoms with Crippen molar-refractivity contribution in [3.05, 3.63) is 54.1 Å². The van der Waals surface area contributed by atoms with E-state index in [2.05, 4.69) is 5.32 Å². The lowest BCUT2D eigenvalue weighted by Gasteiger charge is -2.19. The first-order chi connectivity index (χ1) is 14.4. The normalized spacial score (nSPS) is 17.6. The highest BCUT2D eigenvalue weighted by atomic mass is 32.2. The molecule has 3 rings (SSSR count). The van der Waals surface area contributed by atoms with Crippen LogP contribution in [0.5, 0.6) is 5.75 Å². The topological polar surface area (TPSA) is 116 Å². The van der Waals surface area contributed by atoms with Gasteiger partial charge in [0.15, 0.2) is 19.7 Å². The molecule has 0 radical (unpaired) electrons. The maximum atomic E-state index is 13.1. The van der Waals surface area contributed by atoms with Gasteiger partial charge in [-0.3, -0.25) is 0 Å². The Balaban J connectivity index is 1.63. The van der Waals surface area contributed by atoms with Gasteiger partial charge in [0.05, 0.1) is 22.1 Å². The third kappa shape index (κ3) is 5.37. The number of hydrogen-bond acceptors (Lipinski definition) is 7. The molecule has 1 aliphatic heterocycles. The predicted octanol–water partition coefficient (Wildman–Crippen LogP) is 2.89. The van der Waals surface area contributed by atoms with E-state index < -0.39 is 42.4 Å². The summed E-state index contributed by atoms with van der Waals surface area (Å²) in [5.41, 5.74) is -0.290. The summed E-state index contributed by atoms with van der Waals surface area (Å²) in [5.74, 6) is -0.0483. The lowest BCUT2D eigenvalue weighted by molar-refractivity contribution is 0.0520. The van der Waals surface area contributed by atoms with Crippen molar-refractivity contribution in [1.29, 1.82) is 0 Å². The lowest BCUT2D eigenvalue weighted by Crippen LogP contribution is -2.34. The quantitative estimate of drug-likeness (QED) is 0.650. The summed E-state index contributed by atoms with van der Waals surface area (Å²) in [6.45, 7) is 5.67.